The third kappa shape index (κ3) is 3.82. The summed E-state index contributed by atoms with van der Waals surface area (Å²) in [5.74, 6) is -1.13. The van der Waals surface area contributed by atoms with Crippen LogP contribution in [0.5, 0.6) is 0 Å². The first-order valence-electron chi connectivity index (χ1n) is 5.40. The molecule has 0 aliphatic heterocycles. The zero-order valence-electron chi connectivity index (χ0n) is 10.5. The highest BCUT2D eigenvalue weighted by molar-refractivity contribution is 7.86. The number of carbonyl (C=O) groups is 1. The molecule has 0 amide bonds. The molecule has 0 aliphatic carbocycles. The van der Waals surface area contributed by atoms with Crippen LogP contribution >= 0.6 is 0 Å². The number of hydrogen-bond acceptors (Lipinski definition) is 5. The molecule has 1 aromatic carbocycles. The maximum absolute atomic E-state index is 11.8. The van der Waals surface area contributed by atoms with E-state index in [-0.39, 0.29) is 11.5 Å². The Labute approximate surface area is 107 Å². The van der Waals surface area contributed by atoms with Gasteiger partial charge in [-0.05, 0) is 26.0 Å². The van der Waals surface area contributed by atoms with Gasteiger partial charge in [-0.15, -0.1) is 0 Å². The molecule has 1 rings (SSSR count). The topological polar surface area (TPSA) is 69.7 Å². The average Bonchev–Trinajstić information content (AvgIpc) is 2.35. The van der Waals surface area contributed by atoms with E-state index in [1.165, 1.54) is 26.2 Å². The second-order valence-corrected chi connectivity index (χ2v) is 5.59. The van der Waals surface area contributed by atoms with Crippen LogP contribution in [0.3, 0.4) is 0 Å². The summed E-state index contributed by atoms with van der Waals surface area (Å²) < 4.78 is 32.9. The van der Waals surface area contributed by atoms with Crippen molar-refractivity contribution in [3.63, 3.8) is 0 Å². The maximum Gasteiger partial charge on any atom is 0.310 e. The van der Waals surface area contributed by atoms with Crippen LogP contribution in [0, 0.1) is 12.8 Å². The van der Waals surface area contributed by atoms with Gasteiger partial charge in [0.2, 0.25) is 0 Å². The third-order valence-corrected chi connectivity index (χ3v) is 3.68. The lowest BCUT2D eigenvalue weighted by molar-refractivity contribution is -0.145. The zero-order valence-corrected chi connectivity index (χ0v) is 11.4. The van der Waals surface area contributed by atoms with Crippen molar-refractivity contribution in [1.82, 2.24) is 0 Å². The summed E-state index contributed by atoms with van der Waals surface area (Å²) in [6.07, 6.45) is 0. The predicted molar refractivity (Wildman–Crippen MR) is 65.5 cm³/mol. The molecule has 0 radical (unpaired) electrons. The minimum absolute atomic E-state index is 0.0742. The molecule has 1 aromatic rings. The van der Waals surface area contributed by atoms with Gasteiger partial charge in [0.05, 0.1) is 24.5 Å². The zero-order chi connectivity index (χ0) is 13.8. The predicted octanol–water partition coefficient (Wildman–Crippen LogP) is 1.51. The Balaban J connectivity index is 2.71. The standard InChI is InChI=1S/C12H16O5S/c1-9-4-6-11(7-5-9)18(14,15)17-8-10(2)12(13)16-3/h4-7,10H,8H2,1-3H3/t10-/m1/s1. The van der Waals surface area contributed by atoms with Gasteiger partial charge in [0.15, 0.2) is 0 Å². The molecule has 0 aliphatic rings. The fourth-order valence-electron chi connectivity index (χ4n) is 1.23. The number of aryl methyl sites for hydroxylation is 1. The summed E-state index contributed by atoms with van der Waals surface area (Å²) in [5.41, 5.74) is 0.955. The van der Waals surface area contributed by atoms with E-state index in [4.69, 9.17) is 4.18 Å². The van der Waals surface area contributed by atoms with Crippen LogP contribution in [0.4, 0.5) is 0 Å². The summed E-state index contributed by atoms with van der Waals surface area (Å²) >= 11 is 0. The van der Waals surface area contributed by atoms with Crippen LogP contribution in [0.2, 0.25) is 0 Å². The van der Waals surface area contributed by atoms with Gasteiger partial charge in [-0.1, -0.05) is 17.7 Å². The highest BCUT2D eigenvalue weighted by Crippen LogP contribution is 2.14. The van der Waals surface area contributed by atoms with Crippen molar-refractivity contribution in [2.75, 3.05) is 13.7 Å². The molecular weight excluding hydrogens is 256 g/mol. The molecular formula is C12H16O5S. The van der Waals surface area contributed by atoms with E-state index < -0.39 is 22.0 Å². The molecule has 0 heterocycles. The summed E-state index contributed by atoms with van der Waals surface area (Å²) in [7, 11) is -2.58. The smallest absolute Gasteiger partial charge is 0.310 e. The number of esters is 1. The first kappa shape index (κ1) is 14.7. The Hall–Kier alpha value is -1.40. The molecule has 0 aromatic heterocycles. The molecule has 18 heavy (non-hydrogen) atoms. The Kier molecular flexibility index (Phi) is 4.86. The van der Waals surface area contributed by atoms with Crippen molar-refractivity contribution in [2.45, 2.75) is 18.7 Å². The first-order valence-corrected chi connectivity index (χ1v) is 6.81. The molecule has 0 bridgehead atoms. The molecule has 100 valence electrons. The fourth-order valence-corrected chi connectivity index (χ4v) is 2.22. The van der Waals surface area contributed by atoms with Crippen molar-refractivity contribution in [2.24, 2.45) is 5.92 Å². The quantitative estimate of drug-likeness (QED) is 0.600. The van der Waals surface area contributed by atoms with Crippen molar-refractivity contribution in [3.05, 3.63) is 29.8 Å². The van der Waals surface area contributed by atoms with Crippen molar-refractivity contribution in [1.29, 1.82) is 0 Å². The van der Waals surface area contributed by atoms with Gasteiger partial charge < -0.3 is 4.74 Å². The monoisotopic (exact) mass is 272 g/mol. The molecule has 0 saturated heterocycles. The van der Waals surface area contributed by atoms with Gasteiger partial charge >= 0.3 is 5.97 Å². The Morgan fingerprint density at radius 2 is 1.83 bits per heavy atom. The molecule has 0 fully saturated rings. The lowest BCUT2D eigenvalue weighted by atomic mass is 10.2. The Bertz CT molecular complexity index is 504. The van der Waals surface area contributed by atoms with Crippen LogP contribution in [0.1, 0.15) is 12.5 Å². The largest absolute Gasteiger partial charge is 0.469 e. The fraction of sp³-hybridized carbons (Fsp3) is 0.417. The molecule has 0 unspecified atom stereocenters. The van der Waals surface area contributed by atoms with Gasteiger partial charge in [-0.25, -0.2) is 0 Å². The van der Waals surface area contributed by atoms with E-state index >= 15 is 0 Å². The highest BCUT2D eigenvalue weighted by atomic mass is 32.2. The summed E-state index contributed by atoms with van der Waals surface area (Å²) in [4.78, 5) is 11.2. The lowest BCUT2D eigenvalue weighted by Gasteiger charge is -2.10. The third-order valence-electron chi connectivity index (χ3n) is 2.39. The minimum atomic E-state index is -3.82. The number of carbonyl (C=O) groups excluding carboxylic acids is 1. The molecule has 0 saturated carbocycles. The van der Waals surface area contributed by atoms with Crippen LogP contribution < -0.4 is 0 Å². The van der Waals surface area contributed by atoms with Crippen LogP contribution in [0.15, 0.2) is 29.2 Å². The maximum atomic E-state index is 11.8. The Morgan fingerprint density at radius 1 is 1.28 bits per heavy atom. The Morgan fingerprint density at radius 3 is 2.33 bits per heavy atom. The number of hydrogen-bond donors (Lipinski definition) is 0. The van der Waals surface area contributed by atoms with Crippen LogP contribution in [-0.2, 0) is 23.8 Å². The summed E-state index contributed by atoms with van der Waals surface area (Å²) in [5, 5.41) is 0. The number of methoxy groups -OCH3 is 1. The van der Waals surface area contributed by atoms with Crippen molar-refractivity contribution in [3.8, 4) is 0 Å². The number of ether oxygens (including phenoxy) is 1. The summed E-state index contributed by atoms with van der Waals surface area (Å²) in [6.45, 7) is 3.16. The minimum Gasteiger partial charge on any atom is -0.469 e. The average molecular weight is 272 g/mol. The summed E-state index contributed by atoms with van der Waals surface area (Å²) in [6, 6.07) is 6.29. The van der Waals surface area contributed by atoms with Crippen molar-refractivity contribution < 1.29 is 22.1 Å². The van der Waals surface area contributed by atoms with E-state index in [0.29, 0.717) is 0 Å². The van der Waals surface area contributed by atoms with Gasteiger partial charge in [0.1, 0.15) is 0 Å². The van der Waals surface area contributed by atoms with Crippen LogP contribution in [-0.4, -0.2) is 28.1 Å². The normalized spacial score (nSPS) is 13.1. The highest BCUT2D eigenvalue weighted by Gasteiger charge is 2.20. The first-order chi connectivity index (χ1) is 8.36. The van der Waals surface area contributed by atoms with E-state index in [0.717, 1.165) is 5.56 Å². The number of benzene rings is 1. The van der Waals surface area contributed by atoms with E-state index in [1.54, 1.807) is 12.1 Å². The van der Waals surface area contributed by atoms with E-state index in [9.17, 15) is 13.2 Å². The lowest BCUT2D eigenvalue weighted by Crippen LogP contribution is -2.20. The van der Waals surface area contributed by atoms with E-state index in [1.807, 2.05) is 6.92 Å². The molecule has 0 N–H and O–H groups in total. The van der Waals surface area contributed by atoms with Gasteiger partial charge in [-0.3, -0.25) is 8.98 Å². The molecule has 0 spiro atoms. The second-order valence-electron chi connectivity index (χ2n) is 3.98. The van der Waals surface area contributed by atoms with E-state index in [2.05, 4.69) is 4.74 Å². The van der Waals surface area contributed by atoms with Gasteiger partial charge in [-0.2, -0.15) is 8.42 Å². The molecule has 1 atom stereocenters. The molecule has 6 heteroatoms. The second kappa shape index (κ2) is 5.97. The van der Waals surface area contributed by atoms with Crippen molar-refractivity contribution >= 4 is 16.1 Å². The molecule has 5 nitrogen and oxygen atoms in total. The number of rotatable bonds is 5. The van der Waals surface area contributed by atoms with Gasteiger partial charge in [0.25, 0.3) is 10.1 Å². The van der Waals surface area contributed by atoms with Gasteiger partial charge in [0, 0.05) is 0 Å². The SMILES string of the molecule is COC(=O)[C@H](C)COS(=O)(=O)c1ccc(C)cc1. The van der Waals surface area contributed by atoms with Crippen LogP contribution in [0.25, 0.3) is 0 Å².